The van der Waals surface area contributed by atoms with Crippen LogP contribution in [0.2, 0.25) is 5.02 Å². The summed E-state index contributed by atoms with van der Waals surface area (Å²) in [6.45, 7) is 7.57. The number of thiophene rings is 1. The molecule has 0 unspecified atom stereocenters. The van der Waals surface area contributed by atoms with E-state index in [-0.39, 0.29) is 11.8 Å². The molecule has 1 saturated heterocycles. The number of amides is 2. The molecule has 4 aromatic rings. The van der Waals surface area contributed by atoms with Crippen LogP contribution in [0.1, 0.15) is 46.0 Å². The van der Waals surface area contributed by atoms with Crippen LogP contribution < -0.4 is 11.1 Å². The van der Waals surface area contributed by atoms with Crippen LogP contribution in [-0.2, 0) is 0 Å². The molecule has 38 heavy (non-hydrogen) atoms. The first-order chi connectivity index (χ1) is 18.1. The summed E-state index contributed by atoms with van der Waals surface area (Å²) in [6.07, 6.45) is 1.10. The lowest BCUT2D eigenvalue weighted by molar-refractivity contribution is 0.0629. The summed E-state index contributed by atoms with van der Waals surface area (Å²) in [5.41, 5.74) is 10.2. The highest BCUT2D eigenvalue weighted by Crippen LogP contribution is 2.43. The average Bonchev–Trinajstić information content (AvgIpc) is 3.19. The molecule has 0 spiro atoms. The third-order valence-electron chi connectivity index (χ3n) is 6.87. The number of nitrogens with one attached hydrogen (secondary N) is 1. The number of aromatic nitrogens is 1. The SMILES string of the molecule is Cc1nc2sc(C(=O)N3C[C@H](C)C[C@H](C)C3)c(N)c2c(-c2ccc(Br)cc2)c1C(=O)Nc1ccc(Cl)cc1. The molecule has 3 heterocycles. The first-order valence-electron chi connectivity index (χ1n) is 12.5. The number of nitrogen functional groups attached to an aromatic ring is 1. The highest BCUT2D eigenvalue weighted by Gasteiger charge is 2.31. The number of fused-ring (bicyclic) bond motifs is 1. The Bertz CT molecular complexity index is 1530. The van der Waals surface area contributed by atoms with Crippen LogP contribution in [0.15, 0.2) is 53.0 Å². The Balaban J connectivity index is 1.67. The standard InChI is InChI=1S/C29H28BrClN4O2S/c1-15-12-16(2)14-35(13-15)29(37)26-25(32)24-23(18-4-6-19(30)7-5-18)22(17(3)33-28(24)38-26)27(36)34-21-10-8-20(31)9-11-21/h4-11,15-16H,12-14,32H2,1-3H3,(H,34,36)/t15-,16+. The second kappa shape index (κ2) is 10.7. The molecule has 1 fully saturated rings. The van der Waals surface area contributed by atoms with Gasteiger partial charge in [-0.3, -0.25) is 9.59 Å². The van der Waals surface area contributed by atoms with Crippen molar-refractivity contribution in [3.8, 4) is 11.1 Å². The van der Waals surface area contributed by atoms with Crippen LogP contribution in [0.4, 0.5) is 11.4 Å². The lowest BCUT2D eigenvalue weighted by Crippen LogP contribution is -2.42. The van der Waals surface area contributed by atoms with Crippen molar-refractivity contribution in [1.82, 2.24) is 9.88 Å². The van der Waals surface area contributed by atoms with Crippen LogP contribution in [-0.4, -0.2) is 34.8 Å². The van der Waals surface area contributed by atoms with Gasteiger partial charge >= 0.3 is 0 Å². The maximum absolute atomic E-state index is 13.7. The monoisotopic (exact) mass is 610 g/mol. The van der Waals surface area contributed by atoms with E-state index in [2.05, 4.69) is 35.1 Å². The Morgan fingerprint density at radius 2 is 1.71 bits per heavy atom. The van der Waals surface area contributed by atoms with E-state index in [1.807, 2.05) is 36.1 Å². The third kappa shape index (κ3) is 5.17. The molecule has 0 bridgehead atoms. The van der Waals surface area contributed by atoms with Gasteiger partial charge in [0.2, 0.25) is 0 Å². The predicted octanol–water partition coefficient (Wildman–Crippen LogP) is 7.64. The van der Waals surface area contributed by atoms with Gasteiger partial charge in [-0.2, -0.15) is 0 Å². The Morgan fingerprint density at radius 3 is 2.34 bits per heavy atom. The van der Waals surface area contributed by atoms with Crippen LogP contribution in [0.5, 0.6) is 0 Å². The number of rotatable bonds is 4. The summed E-state index contributed by atoms with van der Waals surface area (Å²) in [6, 6.07) is 14.6. The topological polar surface area (TPSA) is 88.3 Å². The number of pyridine rings is 1. The van der Waals surface area contributed by atoms with E-state index in [1.165, 1.54) is 11.3 Å². The van der Waals surface area contributed by atoms with E-state index in [9.17, 15) is 9.59 Å². The quantitative estimate of drug-likeness (QED) is 0.248. The van der Waals surface area contributed by atoms with Crippen LogP contribution in [0.25, 0.3) is 21.3 Å². The van der Waals surface area contributed by atoms with E-state index in [0.717, 1.165) is 16.5 Å². The second-order valence-corrected chi connectivity index (χ2v) is 12.4. The van der Waals surface area contributed by atoms with Gasteiger partial charge in [-0.15, -0.1) is 11.3 Å². The molecule has 2 amide bonds. The number of carbonyl (C=O) groups is 2. The Morgan fingerprint density at radius 1 is 1.08 bits per heavy atom. The lowest BCUT2D eigenvalue weighted by Gasteiger charge is -2.34. The Labute approximate surface area is 239 Å². The number of likely N-dealkylation sites (tertiary alicyclic amines) is 1. The molecule has 0 saturated carbocycles. The molecular formula is C29H28BrClN4O2S. The largest absolute Gasteiger partial charge is 0.397 e. The van der Waals surface area contributed by atoms with Gasteiger partial charge in [-0.1, -0.05) is 53.5 Å². The maximum atomic E-state index is 13.7. The Kier molecular flexibility index (Phi) is 7.49. The van der Waals surface area contributed by atoms with Gasteiger partial charge in [0.1, 0.15) is 9.71 Å². The van der Waals surface area contributed by atoms with E-state index in [0.29, 0.717) is 73.2 Å². The van der Waals surface area contributed by atoms with Crippen molar-refractivity contribution < 1.29 is 9.59 Å². The first kappa shape index (κ1) is 26.7. The predicted molar refractivity (Wildman–Crippen MR) is 160 cm³/mol. The van der Waals surface area contributed by atoms with Crippen molar-refractivity contribution in [3.05, 3.63) is 74.2 Å². The van der Waals surface area contributed by atoms with E-state index < -0.39 is 0 Å². The number of carbonyl (C=O) groups excluding carboxylic acids is 2. The number of hydrogen-bond acceptors (Lipinski definition) is 5. The summed E-state index contributed by atoms with van der Waals surface area (Å²) < 4.78 is 0.915. The van der Waals surface area contributed by atoms with Gasteiger partial charge in [0.15, 0.2) is 0 Å². The smallest absolute Gasteiger partial charge is 0.266 e. The minimum atomic E-state index is -0.311. The van der Waals surface area contributed by atoms with Crippen molar-refractivity contribution >= 4 is 72.3 Å². The Hall–Kier alpha value is -2.94. The fraction of sp³-hybridized carbons (Fsp3) is 0.276. The van der Waals surface area contributed by atoms with Crippen LogP contribution in [0.3, 0.4) is 0 Å². The maximum Gasteiger partial charge on any atom is 0.266 e. The summed E-state index contributed by atoms with van der Waals surface area (Å²) in [4.78, 5) is 35.2. The first-order valence-corrected chi connectivity index (χ1v) is 14.5. The minimum absolute atomic E-state index is 0.0736. The zero-order valence-corrected chi connectivity index (χ0v) is 24.5. The molecule has 2 atom stereocenters. The number of hydrogen-bond donors (Lipinski definition) is 2. The van der Waals surface area contributed by atoms with Gasteiger partial charge in [0.25, 0.3) is 11.8 Å². The van der Waals surface area contributed by atoms with E-state index in [4.69, 9.17) is 22.3 Å². The molecule has 2 aromatic carbocycles. The van der Waals surface area contributed by atoms with Crippen molar-refractivity contribution in [2.24, 2.45) is 11.8 Å². The molecule has 2 aromatic heterocycles. The summed E-state index contributed by atoms with van der Waals surface area (Å²) in [5.74, 6) is 0.477. The van der Waals surface area contributed by atoms with Gasteiger partial charge < -0.3 is 16.0 Å². The normalized spacial score (nSPS) is 17.6. The molecule has 0 aliphatic carbocycles. The number of piperidine rings is 1. The van der Waals surface area contributed by atoms with Crippen molar-refractivity contribution in [2.45, 2.75) is 27.2 Å². The molecule has 196 valence electrons. The molecule has 0 radical (unpaired) electrons. The van der Waals surface area contributed by atoms with Gasteiger partial charge in [-0.05, 0) is 67.1 Å². The number of aryl methyl sites for hydroxylation is 1. The highest BCUT2D eigenvalue weighted by molar-refractivity contribution is 9.10. The van der Waals surface area contributed by atoms with Gasteiger partial charge in [-0.25, -0.2) is 4.98 Å². The average molecular weight is 612 g/mol. The summed E-state index contributed by atoms with van der Waals surface area (Å²) >= 11 is 10.8. The van der Waals surface area contributed by atoms with E-state index in [1.54, 1.807) is 24.3 Å². The lowest BCUT2D eigenvalue weighted by atomic mass is 9.91. The van der Waals surface area contributed by atoms with Crippen LogP contribution in [0, 0.1) is 18.8 Å². The molecule has 9 heteroatoms. The second-order valence-electron chi connectivity index (χ2n) is 10.1. The molecule has 1 aliphatic heterocycles. The highest BCUT2D eigenvalue weighted by atomic mass is 79.9. The fourth-order valence-corrected chi connectivity index (χ4v) is 6.82. The van der Waals surface area contributed by atoms with Crippen molar-refractivity contribution in [1.29, 1.82) is 0 Å². The molecule has 5 rings (SSSR count). The molecule has 1 aliphatic rings. The summed E-state index contributed by atoms with van der Waals surface area (Å²) in [7, 11) is 0. The molecule has 6 nitrogen and oxygen atoms in total. The van der Waals surface area contributed by atoms with Crippen molar-refractivity contribution in [3.63, 3.8) is 0 Å². The molecule has 3 N–H and O–H groups in total. The number of halogens is 2. The van der Waals surface area contributed by atoms with Gasteiger partial charge in [0, 0.05) is 39.2 Å². The zero-order valence-electron chi connectivity index (χ0n) is 21.3. The number of benzene rings is 2. The zero-order chi connectivity index (χ0) is 27.1. The third-order valence-corrected chi connectivity index (χ3v) is 8.74. The van der Waals surface area contributed by atoms with E-state index >= 15 is 0 Å². The molecular weight excluding hydrogens is 584 g/mol. The van der Waals surface area contributed by atoms with Gasteiger partial charge in [0.05, 0.1) is 16.9 Å². The van der Waals surface area contributed by atoms with Crippen LogP contribution >= 0.6 is 38.9 Å². The number of nitrogens with two attached hydrogens (primary N) is 1. The summed E-state index contributed by atoms with van der Waals surface area (Å²) in [5, 5.41) is 4.18. The minimum Gasteiger partial charge on any atom is -0.397 e. The number of anilines is 2. The fourth-order valence-electron chi connectivity index (χ4n) is 5.31. The van der Waals surface area contributed by atoms with Crippen molar-refractivity contribution in [2.75, 3.05) is 24.1 Å². The number of nitrogens with zero attached hydrogens (tertiary/aromatic N) is 2.